The van der Waals surface area contributed by atoms with Gasteiger partial charge in [0.25, 0.3) is 0 Å². The van der Waals surface area contributed by atoms with Crippen molar-refractivity contribution in [1.29, 1.82) is 0 Å². The summed E-state index contributed by atoms with van der Waals surface area (Å²) >= 11 is 0. The lowest BCUT2D eigenvalue weighted by molar-refractivity contribution is 0.154. The summed E-state index contributed by atoms with van der Waals surface area (Å²) in [6.45, 7) is 2.34. The lowest BCUT2D eigenvalue weighted by Gasteiger charge is -2.12. The quantitative estimate of drug-likeness (QED) is 0.576. The van der Waals surface area contributed by atoms with Crippen LogP contribution in [-0.4, -0.2) is 21.4 Å². The molecule has 3 rings (SSSR count). The van der Waals surface area contributed by atoms with E-state index in [1.165, 1.54) is 5.57 Å². The molecule has 0 saturated heterocycles. The monoisotopic (exact) mass is 382 g/mol. The topological polar surface area (TPSA) is 69.9 Å². The zero-order chi connectivity index (χ0) is 19.9. The molecule has 2 aromatic carbocycles. The second kappa shape index (κ2) is 9.87. The predicted octanol–water partition coefficient (Wildman–Crippen LogP) is 4.20. The summed E-state index contributed by atoms with van der Waals surface area (Å²) in [6, 6.07) is 13.6. The van der Waals surface area contributed by atoms with Crippen LogP contribution >= 0.6 is 0 Å². The van der Waals surface area contributed by atoms with E-state index in [9.17, 15) is 15.3 Å². The Kier molecular flexibility index (Phi) is 7.26. The molecule has 4 heteroatoms. The van der Waals surface area contributed by atoms with Gasteiger partial charge in [-0.2, -0.15) is 0 Å². The maximum atomic E-state index is 10.1. The van der Waals surface area contributed by atoms with E-state index in [0.717, 1.165) is 47.3 Å². The van der Waals surface area contributed by atoms with Gasteiger partial charge in [-0.15, -0.1) is 0 Å². The van der Waals surface area contributed by atoms with Gasteiger partial charge in [0.1, 0.15) is 12.4 Å². The van der Waals surface area contributed by atoms with Gasteiger partial charge in [0.15, 0.2) is 0 Å². The molecule has 3 N–H and O–H groups in total. The van der Waals surface area contributed by atoms with Crippen LogP contribution in [0.2, 0.25) is 0 Å². The van der Waals surface area contributed by atoms with E-state index >= 15 is 0 Å². The highest BCUT2D eigenvalue weighted by Gasteiger charge is 2.28. The Hall–Kier alpha value is -2.14. The number of allylic oxidation sites excluding steroid dienone is 1. The van der Waals surface area contributed by atoms with Crippen LogP contribution in [0.15, 0.2) is 48.5 Å². The molecular formula is C24H30O4. The van der Waals surface area contributed by atoms with Crippen LogP contribution in [-0.2, 0) is 19.8 Å². The maximum Gasteiger partial charge on any atom is 0.120 e. The number of hydrogen-bond donors (Lipinski definition) is 3. The van der Waals surface area contributed by atoms with Crippen molar-refractivity contribution >= 4 is 5.57 Å². The molecule has 1 unspecified atom stereocenters. The average Bonchev–Trinajstić information content (AvgIpc) is 3.58. The van der Waals surface area contributed by atoms with Crippen LogP contribution in [0.4, 0.5) is 0 Å². The summed E-state index contributed by atoms with van der Waals surface area (Å²) in [5, 5.41) is 28.9. The van der Waals surface area contributed by atoms with E-state index in [4.69, 9.17) is 4.74 Å². The summed E-state index contributed by atoms with van der Waals surface area (Å²) in [4.78, 5) is 0. The third kappa shape index (κ3) is 5.44. The van der Waals surface area contributed by atoms with E-state index in [-0.39, 0.29) is 19.3 Å². The lowest BCUT2D eigenvalue weighted by atomic mass is 10.00. The molecule has 0 amide bonds. The summed E-state index contributed by atoms with van der Waals surface area (Å²) in [7, 11) is 0. The standard InChI is InChI=1S/C24H30O4/c1-2-18(10-11-24(27)19-8-9-19)20-4-3-5-23(13-20)28-16-17-6-7-21(14-25)22(12-17)15-26/h3-7,10,12-13,19,24-27H,2,8-9,11,14-16H2,1H3/b18-10-. The van der Waals surface area contributed by atoms with E-state index < -0.39 is 0 Å². The zero-order valence-electron chi connectivity index (χ0n) is 16.5. The van der Waals surface area contributed by atoms with Crippen LogP contribution in [0.1, 0.15) is 54.9 Å². The van der Waals surface area contributed by atoms with Gasteiger partial charge < -0.3 is 20.1 Å². The Morgan fingerprint density at radius 1 is 1.11 bits per heavy atom. The van der Waals surface area contributed by atoms with Crippen LogP contribution in [0.5, 0.6) is 5.75 Å². The molecule has 28 heavy (non-hydrogen) atoms. The first-order chi connectivity index (χ1) is 13.6. The number of rotatable bonds is 10. The minimum absolute atomic E-state index is 0.0827. The number of benzene rings is 2. The van der Waals surface area contributed by atoms with Crippen molar-refractivity contribution < 1.29 is 20.1 Å². The molecule has 0 bridgehead atoms. The molecule has 0 aliphatic heterocycles. The van der Waals surface area contributed by atoms with E-state index in [1.54, 1.807) is 0 Å². The van der Waals surface area contributed by atoms with Crippen molar-refractivity contribution in [2.75, 3.05) is 0 Å². The number of ether oxygens (including phenoxy) is 1. The Morgan fingerprint density at radius 2 is 1.89 bits per heavy atom. The third-order valence-electron chi connectivity index (χ3n) is 5.37. The molecule has 1 aliphatic rings. The fraction of sp³-hybridized carbons (Fsp3) is 0.417. The molecular weight excluding hydrogens is 352 g/mol. The Bertz CT molecular complexity index is 808. The van der Waals surface area contributed by atoms with E-state index in [2.05, 4.69) is 19.1 Å². The molecule has 4 nitrogen and oxygen atoms in total. The molecule has 1 aliphatic carbocycles. The van der Waals surface area contributed by atoms with Gasteiger partial charge in [0, 0.05) is 0 Å². The first-order valence-electron chi connectivity index (χ1n) is 10.1. The second-order valence-electron chi connectivity index (χ2n) is 7.46. The zero-order valence-corrected chi connectivity index (χ0v) is 16.5. The molecule has 2 aromatic rings. The third-order valence-corrected chi connectivity index (χ3v) is 5.37. The van der Waals surface area contributed by atoms with Crippen molar-refractivity contribution in [3.8, 4) is 5.75 Å². The normalized spacial score (nSPS) is 15.5. The van der Waals surface area contributed by atoms with Gasteiger partial charge in [-0.25, -0.2) is 0 Å². The molecule has 0 heterocycles. The Morgan fingerprint density at radius 3 is 2.57 bits per heavy atom. The molecule has 1 fully saturated rings. The molecule has 1 saturated carbocycles. The first kappa shape index (κ1) is 20.6. The minimum Gasteiger partial charge on any atom is -0.489 e. The first-order valence-corrected chi connectivity index (χ1v) is 10.1. The van der Waals surface area contributed by atoms with Crippen molar-refractivity contribution in [2.45, 2.75) is 58.5 Å². The number of aliphatic hydroxyl groups excluding tert-OH is 3. The van der Waals surface area contributed by atoms with Gasteiger partial charge in [0.2, 0.25) is 0 Å². The van der Waals surface area contributed by atoms with Crippen molar-refractivity contribution in [3.05, 3.63) is 70.8 Å². The smallest absolute Gasteiger partial charge is 0.120 e. The molecule has 1 atom stereocenters. The second-order valence-corrected chi connectivity index (χ2v) is 7.46. The van der Waals surface area contributed by atoms with Crippen LogP contribution < -0.4 is 4.74 Å². The Balaban J connectivity index is 1.66. The fourth-order valence-corrected chi connectivity index (χ4v) is 3.43. The van der Waals surface area contributed by atoms with Crippen LogP contribution in [0.3, 0.4) is 0 Å². The highest BCUT2D eigenvalue weighted by atomic mass is 16.5. The van der Waals surface area contributed by atoms with E-state index in [1.807, 2.05) is 36.4 Å². The summed E-state index contributed by atoms with van der Waals surface area (Å²) in [5.74, 6) is 1.28. The van der Waals surface area contributed by atoms with Gasteiger partial charge in [-0.1, -0.05) is 37.3 Å². The molecule has 150 valence electrons. The van der Waals surface area contributed by atoms with E-state index in [0.29, 0.717) is 18.9 Å². The van der Waals surface area contributed by atoms with Crippen LogP contribution in [0.25, 0.3) is 5.57 Å². The van der Waals surface area contributed by atoms with Crippen LogP contribution in [0, 0.1) is 5.92 Å². The molecule has 0 aromatic heterocycles. The number of aliphatic hydroxyl groups is 3. The lowest BCUT2D eigenvalue weighted by Crippen LogP contribution is -2.07. The fourth-order valence-electron chi connectivity index (χ4n) is 3.43. The maximum absolute atomic E-state index is 10.1. The summed E-state index contributed by atoms with van der Waals surface area (Å²) in [6.07, 6.45) is 5.85. The van der Waals surface area contributed by atoms with Crippen molar-refractivity contribution in [2.24, 2.45) is 5.92 Å². The largest absolute Gasteiger partial charge is 0.489 e. The average molecular weight is 383 g/mol. The number of hydrogen-bond acceptors (Lipinski definition) is 4. The van der Waals surface area contributed by atoms with Gasteiger partial charge >= 0.3 is 0 Å². The Labute approximate surface area is 167 Å². The van der Waals surface area contributed by atoms with Gasteiger partial charge in [0.05, 0.1) is 19.3 Å². The van der Waals surface area contributed by atoms with Crippen molar-refractivity contribution in [3.63, 3.8) is 0 Å². The molecule has 0 radical (unpaired) electrons. The highest BCUT2D eigenvalue weighted by molar-refractivity contribution is 5.66. The minimum atomic E-state index is -0.219. The summed E-state index contributed by atoms with van der Waals surface area (Å²) in [5.41, 5.74) is 4.75. The van der Waals surface area contributed by atoms with Gasteiger partial charge in [-0.05, 0) is 77.6 Å². The summed E-state index contributed by atoms with van der Waals surface area (Å²) < 4.78 is 5.95. The predicted molar refractivity (Wildman–Crippen MR) is 111 cm³/mol. The molecule has 0 spiro atoms. The SMILES string of the molecule is CC/C(=C/CC(O)C1CC1)c1cccc(OCc2ccc(CO)c(CO)c2)c1. The highest BCUT2D eigenvalue weighted by Crippen LogP contribution is 2.35. The van der Waals surface area contributed by atoms with Crippen molar-refractivity contribution in [1.82, 2.24) is 0 Å². The van der Waals surface area contributed by atoms with Gasteiger partial charge in [-0.3, -0.25) is 0 Å².